The molecule has 2 fully saturated rings. The van der Waals surface area contributed by atoms with Gasteiger partial charge in [0.05, 0.1) is 6.10 Å². The molecular formula is C15H26N2O3. The molecule has 2 amide bonds. The predicted molar refractivity (Wildman–Crippen MR) is 76.3 cm³/mol. The highest BCUT2D eigenvalue weighted by molar-refractivity contribution is 5.78. The second-order valence-electron chi connectivity index (χ2n) is 5.79. The van der Waals surface area contributed by atoms with Crippen molar-refractivity contribution in [2.75, 3.05) is 32.8 Å². The van der Waals surface area contributed by atoms with Crippen molar-refractivity contribution in [2.24, 2.45) is 0 Å². The highest BCUT2D eigenvalue weighted by Crippen LogP contribution is 2.14. The Hall–Kier alpha value is -1.10. The lowest BCUT2D eigenvalue weighted by Crippen LogP contribution is -2.41. The summed E-state index contributed by atoms with van der Waals surface area (Å²) in [5.41, 5.74) is 0. The lowest BCUT2D eigenvalue weighted by atomic mass is 10.1. The number of hydrogen-bond donors (Lipinski definition) is 0. The Morgan fingerprint density at radius 2 is 1.95 bits per heavy atom. The van der Waals surface area contributed by atoms with Gasteiger partial charge < -0.3 is 14.5 Å². The van der Waals surface area contributed by atoms with Crippen molar-refractivity contribution in [3.63, 3.8) is 0 Å². The fraction of sp³-hybridized carbons (Fsp3) is 0.867. The molecule has 2 rings (SSSR count). The van der Waals surface area contributed by atoms with Gasteiger partial charge in [-0.05, 0) is 32.1 Å². The van der Waals surface area contributed by atoms with E-state index in [4.69, 9.17) is 4.74 Å². The van der Waals surface area contributed by atoms with Crippen LogP contribution in [0.25, 0.3) is 0 Å². The van der Waals surface area contributed by atoms with Crippen molar-refractivity contribution in [3.8, 4) is 0 Å². The smallest absolute Gasteiger partial charge is 0.224 e. The van der Waals surface area contributed by atoms with Crippen molar-refractivity contribution in [1.82, 2.24) is 9.80 Å². The molecule has 5 nitrogen and oxygen atoms in total. The molecule has 0 saturated carbocycles. The van der Waals surface area contributed by atoms with Crippen LogP contribution in [-0.4, -0.2) is 60.5 Å². The van der Waals surface area contributed by atoms with E-state index in [1.54, 1.807) is 11.8 Å². The first-order valence-electron chi connectivity index (χ1n) is 7.81. The molecule has 0 N–H and O–H groups in total. The Morgan fingerprint density at radius 1 is 1.20 bits per heavy atom. The van der Waals surface area contributed by atoms with Crippen LogP contribution >= 0.6 is 0 Å². The van der Waals surface area contributed by atoms with E-state index in [-0.39, 0.29) is 17.9 Å². The van der Waals surface area contributed by atoms with Crippen LogP contribution in [0.4, 0.5) is 0 Å². The summed E-state index contributed by atoms with van der Waals surface area (Å²) < 4.78 is 5.57. The number of carbonyl (C=O) groups is 2. The van der Waals surface area contributed by atoms with Gasteiger partial charge in [-0.2, -0.15) is 0 Å². The topological polar surface area (TPSA) is 49.9 Å². The molecule has 20 heavy (non-hydrogen) atoms. The average molecular weight is 282 g/mol. The number of nitrogens with zero attached hydrogens (tertiary/aromatic N) is 2. The third kappa shape index (κ3) is 4.47. The molecule has 2 saturated heterocycles. The van der Waals surface area contributed by atoms with Gasteiger partial charge in [0, 0.05) is 46.1 Å². The van der Waals surface area contributed by atoms with Crippen LogP contribution < -0.4 is 0 Å². The quantitative estimate of drug-likeness (QED) is 0.766. The second-order valence-corrected chi connectivity index (χ2v) is 5.79. The normalized spacial score (nSPS) is 22.9. The lowest BCUT2D eigenvalue weighted by molar-refractivity contribution is -0.134. The summed E-state index contributed by atoms with van der Waals surface area (Å²) in [5.74, 6) is 0.218. The Morgan fingerprint density at radius 3 is 2.55 bits per heavy atom. The first-order chi connectivity index (χ1) is 9.66. The molecule has 0 aromatic carbocycles. The fourth-order valence-corrected chi connectivity index (χ4v) is 2.94. The highest BCUT2D eigenvalue weighted by atomic mass is 16.5. The van der Waals surface area contributed by atoms with Gasteiger partial charge in [0.2, 0.25) is 11.8 Å². The third-order valence-electron chi connectivity index (χ3n) is 4.20. The maximum absolute atomic E-state index is 12.1. The minimum atomic E-state index is 0.0342. The van der Waals surface area contributed by atoms with Crippen molar-refractivity contribution in [1.29, 1.82) is 0 Å². The molecule has 0 bridgehead atoms. The predicted octanol–water partition coefficient (Wildman–Crippen LogP) is 1.42. The number of carbonyl (C=O) groups excluding carboxylic acids is 2. The van der Waals surface area contributed by atoms with Gasteiger partial charge >= 0.3 is 0 Å². The summed E-state index contributed by atoms with van der Waals surface area (Å²) in [4.78, 5) is 27.5. The van der Waals surface area contributed by atoms with Gasteiger partial charge in [-0.3, -0.25) is 9.59 Å². The van der Waals surface area contributed by atoms with E-state index in [9.17, 15) is 9.59 Å². The Bertz CT molecular complexity index is 334. The van der Waals surface area contributed by atoms with Crippen LogP contribution in [-0.2, 0) is 14.3 Å². The summed E-state index contributed by atoms with van der Waals surface area (Å²) in [6.07, 6.45) is 6.13. The third-order valence-corrected chi connectivity index (χ3v) is 4.20. The second kappa shape index (κ2) is 7.62. The standard InChI is InChI=1S/C15H26N2O3/c1-13(18)17(12-14-6-5-11-20-14)10-7-15(19)16-8-3-2-4-9-16/h14H,2-12H2,1H3. The SMILES string of the molecule is CC(=O)N(CCC(=O)N1CCCCC1)CC1CCCO1. The van der Waals surface area contributed by atoms with E-state index in [1.807, 2.05) is 4.90 Å². The van der Waals surface area contributed by atoms with Gasteiger partial charge in [-0.25, -0.2) is 0 Å². The number of likely N-dealkylation sites (tertiary alicyclic amines) is 1. The molecule has 0 aromatic heterocycles. The van der Waals surface area contributed by atoms with Crippen molar-refractivity contribution >= 4 is 11.8 Å². The molecule has 0 radical (unpaired) electrons. The van der Waals surface area contributed by atoms with Crippen LogP contribution in [0.1, 0.15) is 45.4 Å². The maximum Gasteiger partial charge on any atom is 0.224 e. The molecule has 0 aliphatic carbocycles. The maximum atomic E-state index is 12.1. The summed E-state index contributed by atoms with van der Waals surface area (Å²) >= 11 is 0. The number of hydrogen-bond acceptors (Lipinski definition) is 3. The Labute approximate surface area is 121 Å². The van der Waals surface area contributed by atoms with E-state index in [2.05, 4.69) is 0 Å². The van der Waals surface area contributed by atoms with E-state index in [0.29, 0.717) is 19.5 Å². The summed E-state index contributed by atoms with van der Waals surface area (Å²) in [5, 5.41) is 0. The molecule has 114 valence electrons. The number of rotatable bonds is 5. The summed E-state index contributed by atoms with van der Waals surface area (Å²) in [6, 6.07) is 0. The van der Waals surface area contributed by atoms with Crippen LogP contribution in [0.15, 0.2) is 0 Å². The first kappa shape index (κ1) is 15.3. The molecule has 1 atom stereocenters. The number of piperidine rings is 1. The van der Waals surface area contributed by atoms with Gasteiger partial charge in [0.1, 0.15) is 0 Å². The first-order valence-corrected chi connectivity index (χ1v) is 7.81. The van der Waals surface area contributed by atoms with Crippen molar-refractivity contribution < 1.29 is 14.3 Å². The largest absolute Gasteiger partial charge is 0.376 e. The van der Waals surface area contributed by atoms with Crippen LogP contribution in [0.5, 0.6) is 0 Å². The van der Waals surface area contributed by atoms with E-state index < -0.39 is 0 Å². The van der Waals surface area contributed by atoms with E-state index in [0.717, 1.165) is 45.4 Å². The molecule has 0 spiro atoms. The zero-order valence-electron chi connectivity index (χ0n) is 12.5. The van der Waals surface area contributed by atoms with E-state index in [1.165, 1.54) is 6.42 Å². The Kier molecular flexibility index (Phi) is 5.83. The summed E-state index contributed by atoms with van der Waals surface area (Å²) in [7, 11) is 0. The van der Waals surface area contributed by atoms with Gasteiger partial charge in [-0.15, -0.1) is 0 Å². The molecular weight excluding hydrogens is 256 g/mol. The fourth-order valence-electron chi connectivity index (χ4n) is 2.94. The van der Waals surface area contributed by atoms with Crippen LogP contribution in [0.3, 0.4) is 0 Å². The Balaban J connectivity index is 1.75. The monoisotopic (exact) mass is 282 g/mol. The lowest BCUT2D eigenvalue weighted by Gasteiger charge is -2.29. The average Bonchev–Trinajstić information content (AvgIpc) is 2.96. The highest BCUT2D eigenvalue weighted by Gasteiger charge is 2.22. The molecule has 0 aromatic rings. The van der Waals surface area contributed by atoms with E-state index >= 15 is 0 Å². The molecule has 2 heterocycles. The van der Waals surface area contributed by atoms with Crippen LogP contribution in [0, 0.1) is 0 Å². The minimum Gasteiger partial charge on any atom is -0.376 e. The summed E-state index contributed by atoms with van der Waals surface area (Å²) in [6.45, 7) is 5.27. The minimum absolute atomic E-state index is 0.0342. The molecule has 2 aliphatic heterocycles. The van der Waals surface area contributed by atoms with Gasteiger partial charge in [-0.1, -0.05) is 0 Å². The zero-order chi connectivity index (χ0) is 14.4. The van der Waals surface area contributed by atoms with Crippen LogP contribution in [0.2, 0.25) is 0 Å². The number of amides is 2. The molecule has 2 aliphatic rings. The van der Waals surface area contributed by atoms with Crippen molar-refractivity contribution in [2.45, 2.75) is 51.6 Å². The number of ether oxygens (including phenoxy) is 1. The van der Waals surface area contributed by atoms with Gasteiger partial charge in [0.15, 0.2) is 0 Å². The molecule has 5 heteroatoms. The zero-order valence-corrected chi connectivity index (χ0v) is 12.5. The van der Waals surface area contributed by atoms with Crippen molar-refractivity contribution in [3.05, 3.63) is 0 Å². The molecule has 1 unspecified atom stereocenters. The van der Waals surface area contributed by atoms with Gasteiger partial charge in [0.25, 0.3) is 0 Å².